The summed E-state index contributed by atoms with van der Waals surface area (Å²) in [5.74, 6) is -0.818. The number of hydrogen-bond acceptors (Lipinski definition) is 5. The zero-order valence-electron chi connectivity index (χ0n) is 11.5. The van der Waals surface area contributed by atoms with Crippen molar-refractivity contribution in [2.45, 2.75) is 18.9 Å². The molecule has 0 saturated carbocycles. The fraction of sp³-hybridized carbons (Fsp3) is 0.385. The number of carbonyl (C=O) groups is 2. The standard InChI is InChI=1S/C13H14FN3O5/c14-10-6-11(12(17(21)22)5-8(10)7-18)16-3-1-9(2-4-16)15-13(19)20/h5-7,9,15H,1-4H2,(H,19,20). The number of benzene rings is 1. The third-order valence-corrected chi connectivity index (χ3v) is 3.58. The second-order valence-electron chi connectivity index (χ2n) is 4.95. The molecule has 0 atom stereocenters. The second kappa shape index (κ2) is 6.37. The van der Waals surface area contributed by atoms with Crippen molar-refractivity contribution in [2.75, 3.05) is 18.0 Å². The molecule has 2 N–H and O–H groups in total. The molecule has 2 rings (SSSR count). The fourth-order valence-corrected chi connectivity index (χ4v) is 2.50. The molecular weight excluding hydrogens is 297 g/mol. The smallest absolute Gasteiger partial charge is 0.404 e. The van der Waals surface area contributed by atoms with Gasteiger partial charge in [-0.05, 0) is 12.8 Å². The van der Waals surface area contributed by atoms with E-state index < -0.39 is 16.8 Å². The molecule has 0 aliphatic carbocycles. The molecule has 22 heavy (non-hydrogen) atoms. The van der Waals surface area contributed by atoms with E-state index in [-0.39, 0.29) is 29.3 Å². The second-order valence-corrected chi connectivity index (χ2v) is 4.95. The van der Waals surface area contributed by atoms with E-state index in [0.29, 0.717) is 25.9 Å². The van der Waals surface area contributed by atoms with Gasteiger partial charge in [-0.3, -0.25) is 14.9 Å². The van der Waals surface area contributed by atoms with Crippen LogP contribution in [0, 0.1) is 15.9 Å². The van der Waals surface area contributed by atoms with E-state index in [1.807, 2.05) is 0 Å². The van der Waals surface area contributed by atoms with E-state index >= 15 is 0 Å². The van der Waals surface area contributed by atoms with Gasteiger partial charge in [0.15, 0.2) is 6.29 Å². The van der Waals surface area contributed by atoms with Gasteiger partial charge in [-0.2, -0.15) is 0 Å². The Kier molecular flexibility index (Phi) is 4.54. The summed E-state index contributed by atoms with van der Waals surface area (Å²) < 4.78 is 13.7. The predicted molar refractivity (Wildman–Crippen MR) is 74.8 cm³/mol. The number of piperidine rings is 1. The molecule has 0 unspecified atom stereocenters. The molecule has 118 valence electrons. The number of nitrogens with one attached hydrogen (secondary N) is 1. The number of carbonyl (C=O) groups excluding carboxylic acids is 1. The maximum absolute atomic E-state index is 13.7. The number of amides is 1. The topological polar surface area (TPSA) is 113 Å². The monoisotopic (exact) mass is 311 g/mol. The summed E-state index contributed by atoms with van der Waals surface area (Å²) >= 11 is 0. The summed E-state index contributed by atoms with van der Waals surface area (Å²) in [6, 6.07) is 1.67. The van der Waals surface area contributed by atoms with Crippen LogP contribution >= 0.6 is 0 Å². The van der Waals surface area contributed by atoms with Gasteiger partial charge in [0, 0.05) is 31.3 Å². The van der Waals surface area contributed by atoms with Gasteiger partial charge >= 0.3 is 6.09 Å². The molecule has 1 heterocycles. The van der Waals surface area contributed by atoms with Crippen LogP contribution in [0.15, 0.2) is 12.1 Å². The van der Waals surface area contributed by atoms with Gasteiger partial charge in [-0.1, -0.05) is 0 Å². The van der Waals surface area contributed by atoms with Crippen molar-refractivity contribution < 1.29 is 24.0 Å². The van der Waals surface area contributed by atoms with Crippen LogP contribution in [0.25, 0.3) is 0 Å². The normalized spacial score (nSPS) is 15.4. The van der Waals surface area contributed by atoms with E-state index in [0.717, 1.165) is 12.1 Å². The molecule has 9 heteroatoms. The molecule has 1 fully saturated rings. The van der Waals surface area contributed by atoms with Gasteiger partial charge in [0.25, 0.3) is 5.69 Å². The summed E-state index contributed by atoms with van der Waals surface area (Å²) in [6.07, 6.45) is 0.0293. The van der Waals surface area contributed by atoms with E-state index in [1.54, 1.807) is 4.90 Å². The van der Waals surface area contributed by atoms with Crippen molar-refractivity contribution in [2.24, 2.45) is 0 Å². The van der Waals surface area contributed by atoms with Crippen LogP contribution in [0.5, 0.6) is 0 Å². The minimum Gasteiger partial charge on any atom is -0.465 e. The van der Waals surface area contributed by atoms with E-state index in [4.69, 9.17) is 5.11 Å². The molecule has 1 aromatic carbocycles. The molecule has 1 amide bonds. The number of rotatable bonds is 4. The summed E-state index contributed by atoms with van der Waals surface area (Å²) in [5.41, 5.74) is -0.604. The first-order valence-corrected chi connectivity index (χ1v) is 6.60. The molecule has 8 nitrogen and oxygen atoms in total. The third-order valence-electron chi connectivity index (χ3n) is 3.58. The Labute approximate surface area is 124 Å². The zero-order chi connectivity index (χ0) is 16.3. The molecule has 1 saturated heterocycles. The van der Waals surface area contributed by atoms with Gasteiger partial charge in [0.2, 0.25) is 0 Å². The molecule has 0 radical (unpaired) electrons. The Morgan fingerprint density at radius 2 is 2.09 bits per heavy atom. The van der Waals surface area contributed by atoms with Gasteiger partial charge in [0.1, 0.15) is 11.5 Å². The van der Waals surface area contributed by atoms with E-state index in [1.165, 1.54) is 0 Å². The van der Waals surface area contributed by atoms with Crippen LogP contribution in [0.2, 0.25) is 0 Å². The number of carboxylic acid groups (broad SMARTS) is 1. The summed E-state index contributed by atoms with van der Waals surface area (Å²) in [4.78, 5) is 33.3. The highest BCUT2D eigenvalue weighted by atomic mass is 19.1. The average molecular weight is 311 g/mol. The number of nitro groups is 1. The maximum atomic E-state index is 13.7. The van der Waals surface area contributed by atoms with Gasteiger partial charge in [0.05, 0.1) is 10.5 Å². The third kappa shape index (κ3) is 3.30. The highest BCUT2D eigenvalue weighted by molar-refractivity contribution is 5.80. The molecule has 1 aliphatic rings. The van der Waals surface area contributed by atoms with Gasteiger partial charge in [-0.15, -0.1) is 0 Å². The van der Waals surface area contributed by atoms with Crippen molar-refractivity contribution in [3.63, 3.8) is 0 Å². The van der Waals surface area contributed by atoms with Crippen molar-refractivity contribution >= 4 is 23.8 Å². The Balaban J connectivity index is 2.22. The Hall–Kier alpha value is -2.71. The summed E-state index contributed by atoms with van der Waals surface area (Å²) in [6.45, 7) is 0.706. The number of nitrogens with zero attached hydrogens (tertiary/aromatic N) is 2. The maximum Gasteiger partial charge on any atom is 0.404 e. The van der Waals surface area contributed by atoms with Crippen LogP contribution in [0.3, 0.4) is 0 Å². The van der Waals surface area contributed by atoms with Crippen LogP contribution in [-0.2, 0) is 0 Å². The first kappa shape index (κ1) is 15.7. The Bertz CT molecular complexity index is 614. The summed E-state index contributed by atoms with van der Waals surface area (Å²) in [5, 5.41) is 22.1. The molecular formula is C13H14FN3O5. The predicted octanol–water partition coefficient (Wildman–Crippen LogP) is 1.78. The average Bonchev–Trinajstić information content (AvgIpc) is 2.47. The number of anilines is 1. The lowest BCUT2D eigenvalue weighted by Gasteiger charge is -2.33. The molecule has 1 aromatic rings. The lowest BCUT2D eigenvalue weighted by molar-refractivity contribution is -0.384. The number of hydrogen-bond donors (Lipinski definition) is 2. The lowest BCUT2D eigenvalue weighted by atomic mass is 10.0. The Morgan fingerprint density at radius 1 is 1.45 bits per heavy atom. The van der Waals surface area contributed by atoms with Crippen molar-refractivity contribution in [1.29, 1.82) is 0 Å². The molecule has 0 bridgehead atoms. The van der Waals surface area contributed by atoms with Crippen molar-refractivity contribution in [3.05, 3.63) is 33.6 Å². The SMILES string of the molecule is O=Cc1cc([N+](=O)[O-])c(N2CCC(NC(=O)O)CC2)cc1F. The lowest BCUT2D eigenvalue weighted by Crippen LogP contribution is -2.44. The number of nitro benzene ring substituents is 1. The largest absolute Gasteiger partial charge is 0.465 e. The number of halogens is 1. The Morgan fingerprint density at radius 3 is 2.59 bits per heavy atom. The number of aldehydes is 1. The van der Waals surface area contributed by atoms with Crippen LogP contribution in [0.1, 0.15) is 23.2 Å². The van der Waals surface area contributed by atoms with E-state index in [2.05, 4.69) is 5.32 Å². The highest BCUT2D eigenvalue weighted by Gasteiger charge is 2.27. The fourth-order valence-electron chi connectivity index (χ4n) is 2.50. The summed E-state index contributed by atoms with van der Waals surface area (Å²) in [7, 11) is 0. The molecule has 0 spiro atoms. The first-order valence-electron chi connectivity index (χ1n) is 6.60. The minimum absolute atomic E-state index is 0.0990. The van der Waals surface area contributed by atoms with Crippen molar-refractivity contribution in [3.8, 4) is 0 Å². The minimum atomic E-state index is -1.12. The van der Waals surface area contributed by atoms with Crippen LogP contribution in [-0.4, -0.2) is 41.5 Å². The zero-order valence-corrected chi connectivity index (χ0v) is 11.5. The van der Waals surface area contributed by atoms with Crippen molar-refractivity contribution in [1.82, 2.24) is 5.32 Å². The van der Waals surface area contributed by atoms with Crippen LogP contribution in [0.4, 0.5) is 20.6 Å². The van der Waals surface area contributed by atoms with Gasteiger partial charge < -0.3 is 15.3 Å². The molecule has 1 aliphatic heterocycles. The molecule has 0 aromatic heterocycles. The van der Waals surface area contributed by atoms with Crippen LogP contribution < -0.4 is 10.2 Å². The van der Waals surface area contributed by atoms with Gasteiger partial charge in [-0.25, -0.2) is 9.18 Å². The van der Waals surface area contributed by atoms with E-state index in [9.17, 15) is 24.1 Å². The quantitative estimate of drug-likeness (QED) is 0.498. The highest BCUT2D eigenvalue weighted by Crippen LogP contribution is 2.32. The first-order chi connectivity index (χ1) is 10.4.